The third-order valence-corrected chi connectivity index (χ3v) is 2.70. The molecule has 17 heavy (non-hydrogen) atoms. The van der Waals surface area contributed by atoms with Crippen molar-refractivity contribution < 1.29 is 14.1 Å². The summed E-state index contributed by atoms with van der Waals surface area (Å²) in [5.41, 5.74) is 0.810. The Balaban J connectivity index is 2.29. The Kier molecular flexibility index (Phi) is 3.72. The van der Waals surface area contributed by atoms with E-state index in [2.05, 4.69) is 30.9 Å². The van der Waals surface area contributed by atoms with E-state index in [4.69, 9.17) is 15.2 Å². The number of methoxy groups -OCH3 is 1. The fourth-order valence-electron chi connectivity index (χ4n) is 1.31. The standard InChI is InChI=1S/C10H10BrN3O3/c1-15-8-3-2-6(4-7(8)11)10-13-9(5-16-12)17-14-10/h2-4H,5,12H2,1H3. The maximum Gasteiger partial charge on any atom is 0.255 e. The van der Waals surface area contributed by atoms with E-state index in [1.54, 1.807) is 7.11 Å². The van der Waals surface area contributed by atoms with Crippen molar-refractivity contribution in [2.75, 3.05) is 7.11 Å². The zero-order valence-electron chi connectivity index (χ0n) is 9.01. The van der Waals surface area contributed by atoms with E-state index in [0.717, 1.165) is 15.8 Å². The van der Waals surface area contributed by atoms with Gasteiger partial charge in [0.15, 0.2) is 0 Å². The molecule has 0 saturated carbocycles. The highest BCUT2D eigenvalue weighted by atomic mass is 79.9. The fraction of sp³-hybridized carbons (Fsp3) is 0.200. The van der Waals surface area contributed by atoms with Crippen molar-refractivity contribution in [1.82, 2.24) is 10.1 Å². The molecule has 0 unspecified atom stereocenters. The van der Waals surface area contributed by atoms with Crippen LogP contribution in [0.3, 0.4) is 0 Å². The average molecular weight is 300 g/mol. The molecule has 6 nitrogen and oxygen atoms in total. The van der Waals surface area contributed by atoms with E-state index < -0.39 is 0 Å². The highest BCUT2D eigenvalue weighted by Gasteiger charge is 2.10. The van der Waals surface area contributed by atoms with Crippen LogP contribution < -0.4 is 10.6 Å². The van der Waals surface area contributed by atoms with E-state index >= 15 is 0 Å². The van der Waals surface area contributed by atoms with Crippen LogP contribution in [-0.4, -0.2) is 17.3 Å². The summed E-state index contributed by atoms with van der Waals surface area (Å²) in [6, 6.07) is 5.49. The number of benzene rings is 1. The molecule has 0 fully saturated rings. The summed E-state index contributed by atoms with van der Waals surface area (Å²) in [7, 11) is 1.60. The normalized spacial score (nSPS) is 10.5. The monoisotopic (exact) mass is 299 g/mol. The Hall–Kier alpha value is -1.44. The third-order valence-electron chi connectivity index (χ3n) is 2.08. The maximum absolute atomic E-state index is 5.13. The van der Waals surface area contributed by atoms with Crippen LogP contribution in [0.15, 0.2) is 27.2 Å². The summed E-state index contributed by atoms with van der Waals surface area (Å²) in [5.74, 6) is 6.46. The summed E-state index contributed by atoms with van der Waals surface area (Å²) in [4.78, 5) is 8.53. The average Bonchev–Trinajstić information content (AvgIpc) is 2.78. The predicted octanol–water partition coefficient (Wildman–Crippen LogP) is 1.90. The van der Waals surface area contributed by atoms with E-state index in [9.17, 15) is 0 Å². The maximum atomic E-state index is 5.13. The molecule has 0 saturated heterocycles. The minimum absolute atomic E-state index is 0.0876. The number of halogens is 1. The number of ether oxygens (including phenoxy) is 1. The molecule has 0 atom stereocenters. The van der Waals surface area contributed by atoms with Gasteiger partial charge >= 0.3 is 0 Å². The molecule has 0 bridgehead atoms. The molecular formula is C10H10BrN3O3. The minimum Gasteiger partial charge on any atom is -0.496 e. The lowest BCUT2D eigenvalue weighted by Gasteiger charge is -2.03. The molecule has 2 aromatic rings. The minimum atomic E-state index is 0.0876. The smallest absolute Gasteiger partial charge is 0.255 e. The van der Waals surface area contributed by atoms with Gasteiger partial charge in [-0.3, -0.25) is 4.84 Å². The fourth-order valence-corrected chi connectivity index (χ4v) is 1.85. The van der Waals surface area contributed by atoms with Crippen LogP contribution in [0.5, 0.6) is 5.75 Å². The molecule has 1 heterocycles. The van der Waals surface area contributed by atoms with Gasteiger partial charge in [-0.15, -0.1) is 0 Å². The molecular weight excluding hydrogens is 290 g/mol. The van der Waals surface area contributed by atoms with Crippen molar-refractivity contribution in [2.24, 2.45) is 5.90 Å². The number of hydrogen-bond donors (Lipinski definition) is 1. The van der Waals surface area contributed by atoms with Gasteiger partial charge in [0.25, 0.3) is 5.89 Å². The Morgan fingerprint density at radius 2 is 2.29 bits per heavy atom. The predicted molar refractivity (Wildman–Crippen MR) is 63.0 cm³/mol. The van der Waals surface area contributed by atoms with Crippen LogP contribution in [0.2, 0.25) is 0 Å². The number of nitrogens with two attached hydrogens (primary N) is 1. The van der Waals surface area contributed by atoms with Crippen LogP contribution in [0.1, 0.15) is 5.89 Å². The second-order valence-electron chi connectivity index (χ2n) is 3.17. The summed E-state index contributed by atoms with van der Waals surface area (Å²) in [5, 5.41) is 3.82. The molecule has 0 radical (unpaired) electrons. The first kappa shape index (κ1) is 12.0. The first-order chi connectivity index (χ1) is 8.24. The lowest BCUT2D eigenvalue weighted by Crippen LogP contribution is -1.98. The van der Waals surface area contributed by atoms with Gasteiger partial charge in [0.05, 0.1) is 11.6 Å². The highest BCUT2D eigenvalue weighted by molar-refractivity contribution is 9.10. The summed E-state index contributed by atoms with van der Waals surface area (Å²) in [6.45, 7) is 0.0876. The lowest BCUT2D eigenvalue weighted by molar-refractivity contribution is 0.0996. The van der Waals surface area contributed by atoms with Crippen molar-refractivity contribution in [2.45, 2.75) is 6.61 Å². The van der Waals surface area contributed by atoms with Crippen molar-refractivity contribution in [3.8, 4) is 17.1 Å². The van der Waals surface area contributed by atoms with Crippen molar-refractivity contribution >= 4 is 15.9 Å². The molecule has 2 N–H and O–H groups in total. The van der Waals surface area contributed by atoms with Crippen LogP contribution in [0.25, 0.3) is 11.4 Å². The van der Waals surface area contributed by atoms with E-state index in [1.165, 1.54) is 0 Å². The second-order valence-corrected chi connectivity index (χ2v) is 4.03. The molecule has 0 aliphatic carbocycles. The van der Waals surface area contributed by atoms with Crippen LogP contribution in [0.4, 0.5) is 0 Å². The van der Waals surface area contributed by atoms with E-state index in [1.807, 2.05) is 18.2 Å². The van der Waals surface area contributed by atoms with Gasteiger partial charge in [-0.05, 0) is 34.1 Å². The molecule has 7 heteroatoms. The van der Waals surface area contributed by atoms with Gasteiger partial charge < -0.3 is 9.26 Å². The number of rotatable bonds is 4. The zero-order chi connectivity index (χ0) is 12.3. The highest BCUT2D eigenvalue weighted by Crippen LogP contribution is 2.29. The molecule has 1 aromatic heterocycles. The van der Waals surface area contributed by atoms with Gasteiger partial charge in [-0.25, -0.2) is 5.90 Å². The van der Waals surface area contributed by atoms with E-state index in [-0.39, 0.29) is 6.61 Å². The van der Waals surface area contributed by atoms with Gasteiger partial charge in [-0.2, -0.15) is 4.98 Å². The third kappa shape index (κ3) is 2.63. The molecule has 90 valence electrons. The Morgan fingerprint density at radius 3 is 2.94 bits per heavy atom. The van der Waals surface area contributed by atoms with Gasteiger partial charge in [0, 0.05) is 5.56 Å². The van der Waals surface area contributed by atoms with Crippen molar-refractivity contribution in [3.05, 3.63) is 28.6 Å². The number of aromatic nitrogens is 2. The second kappa shape index (κ2) is 5.26. The summed E-state index contributed by atoms with van der Waals surface area (Å²) >= 11 is 3.39. The van der Waals surface area contributed by atoms with Crippen molar-refractivity contribution in [1.29, 1.82) is 0 Å². The van der Waals surface area contributed by atoms with Crippen molar-refractivity contribution in [3.63, 3.8) is 0 Å². The topological polar surface area (TPSA) is 83.4 Å². The number of hydrogen-bond acceptors (Lipinski definition) is 6. The molecule has 0 aliphatic rings. The molecule has 0 spiro atoms. The molecule has 0 amide bonds. The largest absolute Gasteiger partial charge is 0.496 e. The van der Waals surface area contributed by atoms with Crippen LogP contribution in [-0.2, 0) is 11.4 Å². The van der Waals surface area contributed by atoms with E-state index in [0.29, 0.717) is 11.7 Å². The van der Waals surface area contributed by atoms with Gasteiger partial charge in [-0.1, -0.05) is 5.16 Å². The van der Waals surface area contributed by atoms with Gasteiger partial charge in [0.1, 0.15) is 12.4 Å². The first-order valence-corrected chi connectivity index (χ1v) is 5.52. The Labute approximate surface area is 106 Å². The Bertz CT molecular complexity index is 515. The number of nitrogens with zero attached hydrogens (tertiary/aromatic N) is 2. The summed E-state index contributed by atoms with van der Waals surface area (Å²) in [6.07, 6.45) is 0. The van der Waals surface area contributed by atoms with Gasteiger partial charge in [0.2, 0.25) is 5.82 Å². The molecule has 2 rings (SSSR count). The first-order valence-electron chi connectivity index (χ1n) is 4.72. The van der Waals surface area contributed by atoms with Crippen LogP contribution >= 0.6 is 15.9 Å². The molecule has 1 aromatic carbocycles. The molecule has 0 aliphatic heterocycles. The zero-order valence-corrected chi connectivity index (χ0v) is 10.6. The summed E-state index contributed by atoms with van der Waals surface area (Å²) < 4.78 is 10.9. The quantitative estimate of drug-likeness (QED) is 0.868. The van der Waals surface area contributed by atoms with Crippen LogP contribution in [0, 0.1) is 0 Å². The Morgan fingerprint density at radius 1 is 1.47 bits per heavy atom. The lowest BCUT2D eigenvalue weighted by atomic mass is 10.2. The SMILES string of the molecule is COc1ccc(-c2noc(CON)n2)cc1Br.